The number of rotatable bonds is 10. The van der Waals surface area contributed by atoms with Crippen LogP contribution in [-0.2, 0) is 20.7 Å². The Kier molecular flexibility index (Phi) is 8.89. The molecule has 0 aliphatic rings. The number of anilines is 1. The number of benzene rings is 1. The van der Waals surface area contributed by atoms with Gasteiger partial charge in [0.2, 0.25) is 5.75 Å². The minimum absolute atomic E-state index is 0.125. The molecule has 174 valence electrons. The average molecular weight is 466 g/mol. The van der Waals surface area contributed by atoms with Crippen molar-refractivity contribution in [3.63, 3.8) is 0 Å². The van der Waals surface area contributed by atoms with E-state index in [-0.39, 0.29) is 23.7 Å². The molecule has 0 unspecified atom stereocenters. The Morgan fingerprint density at radius 3 is 2.06 bits per heavy atom. The maximum Gasteiger partial charge on any atom is 0.341 e. The standard InChI is InChI=1S/C22H27NO8S/c1-7-14-12(3)32-20(18(14)22(26)30-8-2)23-17(24)11-31-21(25)13-9-15(27-4)19(29-6)16(10-13)28-5/h9-10H,7-8,11H2,1-6H3,(H,23,24). The van der Waals surface area contributed by atoms with Crippen LogP contribution in [-0.4, -0.2) is 52.4 Å². The highest BCUT2D eigenvalue weighted by Crippen LogP contribution is 2.38. The molecule has 10 heteroatoms. The van der Waals surface area contributed by atoms with Crippen molar-refractivity contribution in [2.24, 2.45) is 0 Å². The van der Waals surface area contributed by atoms with Gasteiger partial charge in [-0.1, -0.05) is 6.92 Å². The topological polar surface area (TPSA) is 109 Å². The zero-order chi connectivity index (χ0) is 23.8. The summed E-state index contributed by atoms with van der Waals surface area (Å²) in [5, 5.41) is 3.01. The predicted octanol–water partition coefficient (Wildman–Crippen LogP) is 3.62. The molecule has 0 saturated heterocycles. The number of aryl methyl sites for hydroxylation is 1. The maximum absolute atomic E-state index is 12.5. The van der Waals surface area contributed by atoms with Crippen LogP contribution in [0.3, 0.4) is 0 Å². The highest BCUT2D eigenvalue weighted by Gasteiger charge is 2.24. The quantitative estimate of drug-likeness (QED) is 0.530. The molecule has 2 aromatic rings. The van der Waals surface area contributed by atoms with Crippen molar-refractivity contribution < 1.29 is 38.1 Å². The van der Waals surface area contributed by atoms with Crippen LogP contribution in [0.15, 0.2) is 12.1 Å². The van der Waals surface area contributed by atoms with Gasteiger partial charge < -0.3 is 29.0 Å². The molecule has 0 fully saturated rings. The van der Waals surface area contributed by atoms with Crippen LogP contribution in [0, 0.1) is 6.92 Å². The number of amides is 1. The first-order valence-corrected chi connectivity index (χ1v) is 10.7. The first-order valence-electron chi connectivity index (χ1n) is 9.87. The lowest BCUT2D eigenvalue weighted by Gasteiger charge is -2.13. The Morgan fingerprint density at radius 2 is 1.56 bits per heavy atom. The van der Waals surface area contributed by atoms with Crippen molar-refractivity contribution in [2.45, 2.75) is 27.2 Å². The van der Waals surface area contributed by atoms with E-state index >= 15 is 0 Å². The van der Waals surface area contributed by atoms with E-state index in [1.54, 1.807) is 6.92 Å². The second kappa shape index (κ2) is 11.4. The molecule has 0 saturated carbocycles. The van der Waals surface area contributed by atoms with Gasteiger partial charge in [-0.2, -0.15) is 0 Å². The predicted molar refractivity (Wildman–Crippen MR) is 119 cm³/mol. The Morgan fingerprint density at radius 1 is 0.938 bits per heavy atom. The van der Waals surface area contributed by atoms with Gasteiger partial charge in [0.05, 0.1) is 39.1 Å². The average Bonchev–Trinajstić information content (AvgIpc) is 3.10. The number of thiophene rings is 1. The molecule has 0 aliphatic carbocycles. The molecule has 1 heterocycles. The highest BCUT2D eigenvalue weighted by atomic mass is 32.1. The van der Waals surface area contributed by atoms with Gasteiger partial charge in [0, 0.05) is 4.88 Å². The zero-order valence-corrected chi connectivity index (χ0v) is 19.8. The molecule has 0 aliphatic heterocycles. The summed E-state index contributed by atoms with van der Waals surface area (Å²) < 4.78 is 25.9. The molecule has 1 aromatic heterocycles. The highest BCUT2D eigenvalue weighted by molar-refractivity contribution is 7.16. The monoisotopic (exact) mass is 465 g/mol. The lowest BCUT2D eigenvalue weighted by atomic mass is 10.1. The first kappa shape index (κ1) is 25.0. The van der Waals surface area contributed by atoms with Gasteiger partial charge in [-0.15, -0.1) is 11.3 Å². The second-order valence-corrected chi connectivity index (χ2v) is 7.68. The summed E-state index contributed by atoms with van der Waals surface area (Å²) >= 11 is 1.27. The van der Waals surface area contributed by atoms with Crippen LogP contribution in [0.1, 0.15) is 45.0 Å². The van der Waals surface area contributed by atoms with E-state index in [0.717, 1.165) is 10.4 Å². The van der Waals surface area contributed by atoms with Crippen LogP contribution in [0.25, 0.3) is 0 Å². The van der Waals surface area contributed by atoms with E-state index < -0.39 is 24.5 Å². The van der Waals surface area contributed by atoms with Crippen molar-refractivity contribution in [1.82, 2.24) is 0 Å². The molecule has 1 amide bonds. The lowest BCUT2D eigenvalue weighted by Crippen LogP contribution is -2.22. The summed E-state index contributed by atoms with van der Waals surface area (Å²) in [6, 6.07) is 2.85. The SMILES string of the molecule is CCOC(=O)c1c(NC(=O)COC(=O)c2cc(OC)c(OC)c(OC)c2)sc(C)c1CC. The Balaban J connectivity index is 2.14. The molecule has 0 bridgehead atoms. The third-order valence-corrected chi connectivity index (χ3v) is 5.59. The summed E-state index contributed by atoms with van der Waals surface area (Å²) in [5.41, 5.74) is 1.28. The third-order valence-electron chi connectivity index (χ3n) is 4.53. The summed E-state index contributed by atoms with van der Waals surface area (Å²) in [6.45, 7) is 5.17. The lowest BCUT2D eigenvalue weighted by molar-refractivity contribution is -0.119. The van der Waals surface area contributed by atoms with E-state index in [9.17, 15) is 14.4 Å². The number of hydrogen-bond acceptors (Lipinski definition) is 9. The molecule has 1 N–H and O–H groups in total. The maximum atomic E-state index is 12.5. The van der Waals surface area contributed by atoms with Crippen LogP contribution < -0.4 is 19.5 Å². The number of nitrogens with one attached hydrogen (secondary N) is 1. The van der Waals surface area contributed by atoms with Gasteiger partial charge in [0.1, 0.15) is 5.00 Å². The number of hydrogen-bond donors (Lipinski definition) is 1. The van der Waals surface area contributed by atoms with Crippen molar-refractivity contribution in [3.05, 3.63) is 33.7 Å². The van der Waals surface area contributed by atoms with E-state index in [4.69, 9.17) is 23.7 Å². The van der Waals surface area contributed by atoms with Crippen molar-refractivity contribution in [1.29, 1.82) is 0 Å². The Bertz CT molecular complexity index is 973. The zero-order valence-electron chi connectivity index (χ0n) is 19.0. The van der Waals surface area contributed by atoms with Gasteiger partial charge in [0.15, 0.2) is 18.1 Å². The third kappa shape index (κ3) is 5.50. The number of methoxy groups -OCH3 is 3. The molecular formula is C22H27NO8S. The molecular weight excluding hydrogens is 438 g/mol. The number of esters is 2. The fourth-order valence-corrected chi connectivity index (χ4v) is 4.24. The van der Waals surface area contributed by atoms with E-state index in [0.29, 0.717) is 22.7 Å². The molecule has 2 rings (SSSR count). The molecule has 9 nitrogen and oxygen atoms in total. The minimum atomic E-state index is -0.748. The number of carbonyl (C=O) groups excluding carboxylic acids is 3. The smallest absolute Gasteiger partial charge is 0.341 e. The largest absolute Gasteiger partial charge is 0.493 e. The Labute approximate surface area is 190 Å². The minimum Gasteiger partial charge on any atom is -0.493 e. The fourth-order valence-electron chi connectivity index (χ4n) is 3.09. The van der Waals surface area contributed by atoms with Gasteiger partial charge in [-0.3, -0.25) is 4.79 Å². The molecule has 0 atom stereocenters. The Hall–Kier alpha value is -3.27. The van der Waals surface area contributed by atoms with Crippen LogP contribution in [0.5, 0.6) is 17.2 Å². The van der Waals surface area contributed by atoms with Crippen LogP contribution >= 0.6 is 11.3 Å². The number of carbonyl (C=O) groups is 3. The summed E-state index contributed by atoms with van der Waals surface area (Å²) in [7, 11) is 4.30. The molecule has 1 aromatic carbocycles. The van der Waals surface area contributed by atoms with Gasteiger partial charge in [-0.05, 0) is 38.0 Å². The van der Waals surface area contributed by atoms with Crippen molar-refractivity contribution in [3.8, 4) is 17.2 Å². The molecule has 32 heavy (non-hydrogen) atoms. The number of ether oxygens (including phenoxy) is 5. The van der Waals surface area contributed by atoms with Gasteiger partial charge in [-0.25, -0.2) is 9.59 Å². The van der Waals surface area contributed by atoms with Gasteiger partial charge in [0.25, 0.3) is 5.91 Å². The summed E-state index contributed by atoms with van der Waals surface area (Å²) in [4.78, 5) is 38.2. The first-order chi connectivity index (χ1) is 15.3. The van der Waals surface area contributed by atoms with E-state index in [1.807, 2.05) is 13.8 Å². The van der Waals surface area contributed by atoms with E-state index in [2.05, 4.69) is 5.32 Å². The van der Waals surface area contributed by atoms with Gasteiger partial charge >= 0.3 is 11.9 Å². The normalized spacial score (nSPS) is 10.3. The van der Waals surface area contributed by atoms with Crippen LogP contribution in [0.2, 0.25) is 0 Å². The second-order valence-electron chi connectivity index (χ2n) is 6.45. The van der Waals surface area contributed by atoms with Crippen molar-refractivity contribution in [2.75, 3.05) is 39.9 Å². The van der Waals surface area contributed by atoms with Crippen molar-refractivity contribution >= 4 is 34.2 Å². The van der Waals surface area contributed by atoms with E-state index in [1.165, 1.54) is 44.8 Å². The fraction of sp³-hybridized carbons (Fsp3) is 0.409. The summed E-state index contributed by atoms with van der Waals surface area (Å²) in [5.74, 6) is -0.942. The summed E-state index contributed by atoms with van der Waals surface area (Å²) in [6.07, 6.45) is 0.614. The van der Waals surface area contributed by atoms with Crippen LogP contribution in [0.4, 0.5) is 5.00 Å². The molecule has 0 spiro atoms. The molecule has 0 radical (unpaired) electrons.